The second-order valence-electron chi connectivity index (χ2n) is 5.10. The van der Waals surface area contributed by atoms with E-state index in [1.165, 1.54) is 0 Å². The van der Waals surface area contributed by atoms with E-state index in [1.807, 2.05) is 6.07 Å². The number of rotatable bonds is 3. The van der Waals surface area contributed by atoms with Crippen LogP contribution < -0.4 is 0 Å². The van der Waals surface area contributed by atoms with Crippen LogP contribution in [-0.4, -0.2) is 23.8 Å². The average molecular weight is 277 g/mol. The third-order valence-corrected chi connectivity index (χ3v) is 4.01. The summed E-state index contributed by atoms with van der Waals surface area (Å²) in [6.45, 7) is 4.23. The summed E-state index contributed by atoms with van der Waals surface area (Å²) in [4.78, 5) is 13.7. The van der Waals surface area contributed by atoms with Gasteiger partial charge >= 0.3 is 0 Å². The number of Topliss-reactive ketones (excluding diaryl/α,β-unsaturated/α-hetero) is 1. The number of halogens is 1. The van der Waals surface area contributed by atoms with Crippen molar-refractivity contribution in [3.05, 3.63) is 34.3 Å². The number of carbonyl (C=O) groups excluding carboxylic acids is 1. The molecule has 1 fully saturated rings. The van der Waals surface area contributed by atoms with E-state index >= 15 is 0 Å². The van der Waals surface area contributed by atoms with Gasteiger partial charge in [-0.1, -0.05) is 17.7 Å². The number of piperidine rings is 1. The van der Waals surface area contributed by atoms with E-state index in [1.54, 1.807) is 19.1 Å². The number of carbonyl (C=O) groups is 1. The highest BCUT2D eigenvalue weighted by Crippen LogP contribution is 2.23. The van der Waals surface area contributed by atoms with Crippen LogP contribution in [0.3, 0.4) is 0 Å². The Morgan fingerprint density at radius 2 is 2.37 bits per heavy atom. The van der Waals surface area contributed by atoms with E-state index in [0.717, 1.165) is 38.0 Å². The molecule has 0 amide bonds. The molecule has 0 aromatic heterocycles. The minimum absolute atomic E-state index is 0.158. The maximum atomic E-state index is 11.5. The molecule has 1 aromatic rings. The Labute approximate surface area is 118 Å². The standard InChI is InChI=1S/C15H17ClN2O/c1-11(19)13-3-2-6-18(9-13)10-14-5-4-12(8-17)7-15(14)16/h4-5,7,13H,2-3,6,9-10H2,1H3. The minimum atomic E-state index is 0.158. The molecule has 1 aromatic carbocycles. The van der Waals surface area contributed by atoms with Gasteiger partial charge in [-0.2, -0.15) is 5.26 Å². The van der Waals surface area contributed by atoms with Crippen LogP contribution in [0.15, 0.2) is 18.2 Å². The topological polar surface area (TPSA) is 44.1 Å². The van der Waals surface area contributed by atoms with E-state index in [0.29, 0.717) is 10.6 Å². The number of hydrogen-bond acceptors (Lipinski definition) is 3. The summed E-state index contributed by atoms with van der Waals surface area (Å²) in [6.07, 6.45) is 2.05. The van der Waals surface area contributed by atoms with Crippen LogP contribution in [0.25, 0.3) is 0 Å². The molecular weight excluding hydrogens is 260 g/mol. The Kier molecular flexibility index (Phi) is 4.57. The van der Waals surface area contributed by atoms with E-state index in [2.05, 4.69) is 11.0 Å². The highest BCUT2D eigenvalue weighted by molar-refractivity contribution is 6.31. The first-order valence-corrected chi connectivity index (χ1v) is 6.89. The Morgan fingerprint density at radius 1 is 1.58 bits per heavy atom. The van der Waals surface area contributed by atoms with Crippen LogP contribution in [0, 0.1) is 17.2 Å². The molecule has 0 N–H and O–H groups in total. The molecule has 1 heterocycles. The van der Waals surface area contributed by atoms with Crippen molar-refractivity contribution in [3.8, 4) is 6.07 Å². The van der Waals surface area contributed by atoms with Crippen molar-refractivity contribution >= 4 is 17.4 Å². The summed E-state index contributed by atoms with van der Waals surface area (Å²) < 4.78 is 0. The molecule has 100 valence electrons. The molecule has 0 radical (unpaired) electrons. The SMILES string of the molecule is CC(=O)C1CCCN(Cc2ccc(C#N)cc2Cl)C1. The van der Waals surface area contributed by atoms with Crippen LogP contribution in [0.5, 0.6) is 0 Å². The second-order valence-corrected chi connectivity index (χ2v) is 5.51. The summed E-state index contributed by atoms with van der Waals surface area (Å²) in [5, 5.41) is 9.44. The maximum Gasteiger partial charge on any atom is 0.134 e. The first kappa shape index (κ1) is 14.0. The number of nitriles is 1. The van der Waals surface area contributed by atoms with Gasteiger partial charge in [0, 0.05) is 24.0 Å². The molecule has 1 unspecified atom stereocenters. The van der Waals surface area contributed by atoms with Crippen molar-refractivity contribution in [3.63, 3.8) is 0 Å². The van der Waals surface area contributed by atoms with Gasteiger partial charge in [0.15, 0.2) is 0 Å². The predicted molar refractivity (Wildman–Crippen MR) is 74.8 cm³/mol. The molecule has 0 bridgehead atoms. The molecule has 0 spiro atoms. The fraction of sp³-hybridized carbons (Fsp3) is 0.467. The van der Waals surface area contributed by atoms with Crippen LogP contribution in [-0.2, 0) is 11.3 Å². The molecule has 4 heteroatoms. The van der Waals surface area contributed by atoms with Gasteiger partial charge in [0.2, 0.25) is 0 Å². The number of hydrogen-bond donors (Lipinski definition) is 0. The smallest absolute Gasteiger partial charge is 0.134 e. The van der Waals surface area contributed by atoms with Gasteiger partial charge in [-0.15, -0.1) is 0 Å². The van der Waals surface area contributed by atoms with Gasteiger partial charge in [0.05, 0.1) is 11.6 Å². The number of benzene rings is 1. The number of likely N-dealkylation sites (tertiary alicyclic amines) is 1. The Hall–Kier alpha value is -1.37. The van der Waals surface area contributed by atoms with Crippen LogP contribution in [0.4, 0.5) is 0 Å². The average Bonchev–Trinajstić information content (AvgIpc) is 2.41. The van der Waals surface area contributed by atoms with Crippen molar-refractivity contribution in [2.75, 3.05) is 13.1 Å². The third-order valence-electron chi connectivity index (χ3n) is 3.66. The Bertz CT molecular complexity index is 521. The molecular formula is C15H17ClN2O. The number of ketones is 1. The van der Waals surface area contributed by atoms with E-state index in [-0.39, 0.29) is 11.7 Å². The van der Waals surface area contributed by atoms with Crippen molar-refractivity contribution in [2.24, 2.45) is 5.92 Å². The lowest BCUT2D eigenvalue weighted by atomic mass is 9.94. The number of nitrogens with zero attached hydrogens (tertiary/aromatic N) is 2. The third kappa shape index (κ3) is 3.56. The van der Waals surface area contributed by atoms with Gasteiger partial charge in [0.25, 0.3) is 0 Å². The van der Waals surface area contributed by atoms with Crippen molar-refractivity contribution in [1.82, 2.24) is 4.90 Å². The maximum absolute atomic E-state index is 11.5. The summed E-state index contributed by atoms with van der Waals surface area (Å²) in [5.41, 5.74) is 1.60. The monoisotopic (exact) mass is 276 g/mol. The van der Waals surface area contributed by atoms with E-state index in [4.69, 9.17) is 16.9 Å². The van der Waals surface area contributed by atoms with Crippen molar-refractivity contribution in [2.45, 2.75) is 26.3 Å². The lowest BCUT2D eigenvalue weighted by molar-refractivity contribution is -0.122. The summed E-state index contributed by atoms with van der Waals surface area (Å²) in [5.74, 6) is 0.432. The van der Waals surface area contributed by atoms with Crippen LogP contribution in [0.2, 0.25) is 5.02 Å². The molecule has 1 aliphatic rings. The molecule has 1 atom stereocenters. The molecule has 1 saturated heterocycles. The highest BCUT2D eigenvalue weighted by Gasteiger charge is 2.23. The van der Waals surface area contributed by atoms with Crippen molar-refractivity contribution in [1.29, 1.82) is 5.26 Å². The molecule has 0 aliphatic carbocycles. The first-order chi connectivity index (χ1) is 9.10. The van der Waals surface area contributed by atoms with Crippen LogP contribution in [0.1, 0.15) is 30.9 Å². The zero-order valence-electron chi connectivity index (χ0n) is 11.0. The lowest BCUT2D eigenvalue weighted by Crippen LogP contribution is -2.37. The van der Waals surface area contributed by atoms with Crippen molar-refractivity contribution < 1.29 is 4.79 Å². The zero-order valence-corrected chi connectivity index (χ0v) is 11.8. The van der Waals surface area contributed by atoms with E-state index in [9.17, 15) is 4.79 Å². The Morgan fingerprint density at radius 3 is 3.00 bits per heavy atom. The molecule has 0 saturated carbocycles. The normalized spacial score (nSPS) is 19.9. The second kappa shape index (κ2) is 6.18. The van der Waals surface area contributed by atoms with Gasteiger partial charge in [-0.25, -0.2) is 0 Å². The molecule has 3 nitrogen and oxygen atoms in total. The predicted octanol–water partition coefficient (Wildman–Crippen LogP) is 3.01. The fourth-order valence-electron chi connectivity index (χ4n) is 2.52. The lowest BCUT2D eigenvalue weighted by Gasteiger charge is -2.31. The van der Waals surface area contributed by atoms with Gasteiger partial charge in [-0.3, -0.25) is 9.69 Å². The molecule has 19 heavy (non-hydrogen) atoms. The van der Waals surface area contributed by atoms with Gasteiger partial charge < -0.3 is 0 Å². The quantitative estimate of drug-likeness (QED) is 0.852. The van der Waals surface area contributed by atoms with Gasteiger partial charge in [0.1, 0.15) is 5.78 Å². The molecule has 1 aliphatic heterocycles. The largest absolute Gasteiger partial charge is 0.300 e. The highest BCUT2D eigenvalue weighted by atomic mass is 35.5. The van der Waals surface area contributed by atoms with Crippen LogP contribution >= 0.6 is 11.6 Å². The Balaban J connectivity index is 2.05. The van der Waals surface area contributed by atoms with E-state index < -0.39 is 0 Å². The fourth-order valence-corrected chi connectivity index (χ4v) is 2.76. The summed E-state index contributed by atoms with van der Waals surface area (Å²) in [6, 6.07) is 7.46. The molecule has 2 rings (SSSR count). The summed E-state index contributed by atoms with van der Waals surface area (Å²) >= 11 is 6.18. The zero-order chi connectivity index (χ0) is 13.8. The van der Waals surface area contributed by atoms with Gasteiger partial charge in [-0.05, 0) is 44.0 Å². The summed E-state index contributed by atoms with van der Waals surface area (Å²) in [7, 11) is 0. The first-order valence-electron chi connectivity index (χ1n) is 6.51. The minimum Gasteiger partial charge on any atom is -0.300 e.